The van der Waals surface area contributed by atoms with Gasteiger partial charge >= 0.3 is 5.97 Å². The Hall–Kier alpha value is -3.15. The minimum Gasteiger partial charge on any atom is -0.496 e. The van der Waals surface area contributed by atoms with Gasteiger partial charge in [0.2, 0.25) is 11.7 Å². The average molecular weight is 355 g/mol. The number of ketones is 1. The van der Waals surface area contributed by atoms with Gasteiger partial charge in [-0.1, -0.05) is 11.6 Å². The Morgan fingerprint density at radius 1 is 1.04 bits per heavy atom. The van der Waals surface area contributed by atoms with E-state index < -0.39 is 12.1 Å². The number of Topliss-reactive ketones (excluding diaryl/α,β-unsaturated/α-hetero) is 1. The summed E-state index contributed by atoms with van der Waals surface area (Å²) in [6.45, 7) is 4.77. The Morgan fingerprint density at radius 2 is 1.69 bits per heavy atom. The van der Waals surface area contributed by atoms with Gasteiger partial charge in [-0.3, -0.25) is 9.59 Å². The molecule has 0 aromatic heterocycles. The van der Waals surface area contributed by atoms with Crippen molar-refractivity contribution in [3.8, 4) is 5.75 Å². The lowest BCUT2D eigenvalue weighted by Gasteiger charge is -2.14. The van der Waals surface area contributed by atoms with E-state index in [-0.39, 0.29) is 17.3 Å². The van der Waals surface area contributed by atoms with E-state index >= 15 is 0 Å². The van der Waals surface area contributed by atoms with E-state index in [1.807, 2.05) is 13.0 Å². The van der Waals surface area contributed by atoms with E-state index in [1.54, 1.807) is 36.4 Å². The molecule has 0 radical (unpaired) electrons. The summed E-state index contributed by atoms with van der Waals surface area (Å²) in [7, 11) is 1.46. The highest BCUT2D eigenvalue weighted by Gasteiger charge is 2.22. The third kappa shape index (κ3) is 4.69. The molecule has 136 valence electrons. The van der Waals surface area contributed by atoms with E-state index in [9.17, 15) is 14.4 Å². The molecule has 0 saturated heterocycles. The number of methoxy groups -OCH3 is 1. The summed E-state index contributed by atoms with van der Waals surface area (Å²) in [5, 5.41) is 2.62. The zero-order chi connectivity index (χ0) is 19.3. The smallest absolute Gasteiger partial charge is 0.342 e. The Labute approximate surface area is 152 Å². The number of hydrogen-bond donors (Lipinski definition) is 1. The van der Waals surface area contributed by atoms with E-state index in [0.717, 1.165) is 5.56 Å². The first-order valence-electron chi connectivity index (χ1n) is 8.09. The van der Waals surface area contributed by atoms with Gasteiger partial charge < -0.3 is 14.8 Å². The predicted molar refractivity (Wildman–Crippen MR) is 97.7 cm³/mol. The molecule has 0 aliphatic carbocycles. The third-order valence-electron chi connectivity index (χ3n) is 3.72. The molecule has 1 atom stereocenters. The molecule has 1 amide bonds. The van der Waals surface area contributed by atoms with E-state index in [4.69, 9.17) is 9.47 Å². The second-order valence-electron chi connectivity index (χ2n) is 5.87. The molecular formula is C20H21NO5. The molecule has 0 bridgehead atoms. The summed E-state index contributed by atoms with van der Waals surface area (Å²) in [6, 6.07) is 11.5. The monoisotopic (exact) mass is 355 g/mol. The van der Waals surface area contributed by atoms with Crippen LogP contribution in [0.3, 0.4) is 0 Å². The van der Waals surface area contributed by atoms with Crippen molar-refractivity contribution in [3.05, 3.63) is 59.2 Å². The summed E-state index contributed by atoms with van der Waals surface area (Å²) in [5.41, 5.74) is 2.12. The first kappa shape index (κ1) is 19.2. The van der Waals surface area contributed by atoms with E-state index in [1.165, 1.54) is 21.0 Å². The van der Waals surface area contributed by atoms with Crippen LogP contribution >= 0.6 is 0 Å². The molecule has 2 aromatic carbocycles. The second kappa shape index (κ2) is 8.29. The number of amides is 1. The number of carbonyl (C=O) groups excluding carboxylic acids is 3. The van der Waals surface area contributed by atoms with Crippen LogP contribution in [0.1, 0.15) is 40.1 Å². The fourth-order valence-corrected chi connectivity index (χ4v) is 2.41. The summed E-state index contributed by atoms with van der Waals surface area (Å²) in [6.07, 6.45) is -0.959. The number of hydrogen-bond acceptors (Lipinski definition) is 5. The van der Waals surface area contributed by atoms with Crippen molar-refractivity contribution in [3.63, 3.8) is 0 Å². The molecule has 0 aliphatic rings. The van der Waals surface area contributed by atoms with Gasteiger partial charge in [0, 0.05) is 18.2 Å². The number of anilines is 1. The molecule has 2 aromatic rings. The summed E-state index contributed by atoms with van der Waals surface area (Å²) in [4.78, 5) is 35.9. The molecule has 2 rings (SSSR count). The average Bonchev–Trinajstić information content (AvgIpc) is 2.61. The van der Waals surface area contributed by atoms with Crippen molar-refractivity contribution in [2.75, 3.05) is 12.4 Å². The molecule has 1 N–H and O–H groups in total. The topological polar surface area (TPSA) is 81.7 Å². The number of rotatable bonds is 6. The van der Waals surface area contributed by atoms with Crippen molar-refractivity contribution in [1.82, 2.24) is 0 Å². The van der Waals surface area contributed by atoms with Crippen molar-refractivity contribution >= 4 is 23.3 Å². The zero-order valence-corrected chi connectivity index (χ0v) is 15.2. The van der Waals surface area contributed by atoms with Crippen molar-refractivity contribution in [2.45, 2.75) is 26.9 Å². The Morgan fingerprint density at radius 3 is 2.27 bits per heavy atom. The number of esters is 1. The molecule has 6 nitrogen and oxygen atoms in total. The summed E-state index contributed by atoms with van der Waals surface area (Å²) in [5.74, 6) is -0.765. The standard InChI is InChI=1S/C20H21NO5/c1-12-5-10-18(25-4)17(11-12)20(24)26-13(2)19(23)15-6-8-16(9-7-15)21-14(3)22/h5-11,13H,1-4H3,(H,21,22)/t13-/m1/s1. The normalized spacial score (nSPS) is 11.4. The number of carbonyl (C=O) groups is 3. The Balaban J connectivity index is 2.10. The van der Waals surface area contributed by atoms with Gasteiger partial charge in [-0.05, 0) is 50.2 Å². The minimum absolute atomic E-state index is 0.196. The number of aryl methyl sites for hydroxylation is 1. The second-order valence-corrected chi connectivity index (χ2v) is 5.87. The molecule has 0 aliphatic heterocycles. The van der Waals surface area contributed by atoms with Crippen LogP contribution in [-0.2, 0) is 9.53 Å². The first-order valence-corrected chi connectivity index (χ1v) is 8.09. The zero-order valence-electron chi connectivity index (χ0n) is 15.2. The molecule has 0 spiro atoms. The Kier molecular flexibility index (Phi) is 6.11. The van der Waals surface area contributed by atoms with Crippen molar-refractivity contribution < 1.29 is 23.9 Å². The SMILES string of the molecule is COc1ccc(C)cc1C(=O)O[C@H](C)C(=O)c1ccc(NC(C)=O)cc1. The van der Waals surface area contributed by atoms with Gasteiger partial charge in [0.25, 0.3) is 0 Å². The lowest BCUT2D eigenvalue weighted by atomic mass is 10.1. The third-order valence-corrected chi connectivity index (χ3v) is 3.72. The molecule has 26 heavy (non-hydrogen) atoms. The summed E-state index contributed by atoms with van der Waals surface area (Å²) >= 11 is 0. The molecular weight excluding hydrogens is 334 g/mol. The maximum absolute atomic E-state index is 12.5. The van der Waals surface area contributed by atoms with Crippen LogP contribution in [0.25, 0.3) is 0 Å². The van der Waals surface area contributed by atoms with Gasteiger partial charge in [-0.15, -0.1) is 0 Å². The maximum atomic E-state index is 12.5. The number of ether oxygens (including phenoxy) is 2. The molecule has 6 heteroatoms. The molecule has 0 heterocycles. The fourth-order valence-electron chi connectivity index (χ4n) is 2.41. The maximum Gasteiger partial charge on any atom is 0.342 e. The van der Waals surface area contributed by atoms with Gasteiger partial charge in [0.05, 0.1) is 7.11 Å². The van der Waals surface area contributed by atoms with Crippen molar-refractivity contribution in [2.24, 2.45) is 0 Å². The van der Waals surface area contributed by atoms with E-state index in [0.29, 0.717) is 17.0 Å². The van der Waals surface area contributed by atoms with Crippen molar-refractivity contribution in [1.29, 1.82) is 0 Å². The van der Waals surface area contributed by atoms with E-state index in [2.05, 4.69) is 5.32 Å². The van der Waals surface area contributed by atoms with Gasteiger partial charge in [-0.25, -0.2) is 4.79 Å². The van der Waals surface area contributed by atoms with Crippen LogP contribution in [0.2, 0.25) is 0 Å². The largest absolute Gasteiger partial charge is 0.496 e. The van der Waals surface area contributed by atoms with Gasteiger partial charge in [-0.2, -0.15) is 0 Å². The lowest BCUT2D eigenvalue weighted by molar-refractivity contribution is -0.114. The number of benzene rings is 2. The highest BCUT2D eigenvalue weighted by atomic mass is 16.5. The highest BCUT2D eigenvalue weighted by molar-refractivity contribution is 6.02. The van der Waals surface area contributed by atoms with Crippen LogP contribution in [0, 0.1) is 6.92 Å². The fraction of sp³-hybridized carbons (Fsp3) is 0.250. The molecule has 0 saturated carbocycles. The lowest BCUT2D eigenvalue weighted by Crippen LogP contribution is -2.24. The molecule has 0 unspecified atom stereocenters. The quantitative estimate of drug-likeness (QED) is 0.634. The van der Waals surface area contributed by atoms with Crippen LogP contribution in [0.15, 0.2) is 42.5 Å². The van der Waals surface area contributed by atoms with Gasteiger partial charge in [0.15, 0.2) is 6.10 Å². The summed E-state index contributed by atoms with van der Waals surface area (Å²) < 4.78 is 10.5. The Bertz CT molecular complexity index is 827. The van der Waals surface area contributed by atoms with Crippen LogP contribution in [0.5, 0.6) is 5.75 Å². The minimum atomic E-state index is -0.959. The highest BCUT2D eigenvalue weighted by Crippen LogP contribution is 2.22. The predicted octanol–water partition coefficient (Wildman–Crippen LogP) is 3.39. The van der Waals surface area contributed by atoms with Crippen LogP contribution < -0.4 is 10.1 Å². The first-order chi connectivity index (χ1) is 12.3. The van der Waals surface area contributed by atoms with Gasteiger partial charge in [0.1, 0.15) is 11.3 Å². The molecule has 0 fully saturated rings. The number of nitrogens with one attached hydrogen (secondary N) is 1. The van der Waals surface area contributed by atoms with Crippen LogP contribution in [0.4, 0.5) is 5.69 Å². The van der Waals surface area contributed by atoms with Crippen LogP contribution in [-0.4, -0.2) is 30.9 Å².